The van der Waals surface area contributed by atoms with Gasteiger partial charge in [0.05, 0.1) is 0 Å². The van der Waals surface area contributed by atoms with Crippen molar-refractivity contribution in [3.8, 4) is 5.75 Å². The molecule has 1 amide bonds. The van der Waals surface area contributed by atoms with Crippen molar-refractivity contribution in [2.45, 2.75) is 44.1 Å². The van der Waals surface area contributed by atoms with E-state index in [0.717, 1.165) is 25.7 Å². The average Bonchev–Trinajstić information content (AvgIpc) is 2.73. The van der Waals surface area contributed by atoms with Crippen molar-refractivity contribution >= 4 is 11.9 Å². The minimum atomic E-state index is -1.13. The summed E-state index contributed by atoms with van der Waals surface area (Å²) in [5.74, 6) is -0.737. The van der Waals surface area contributed by atoms with Gasteiger partial charge in [0.25, 0.3) is 5.91 Å². The lowest BCUT2D eigenvalue weighted by molar-refractivity contribution is -0.148. The number of hydrogen-bond donors (Lipinski definition) is 2. The summed E-state index contributed by atoms with van der Waals surface area (Å²) < 4.78 is 5.36. The Kier molecular flexibility index (Phi) is 5.20. The second-order valence-electron chi connectivity index (χ2n) is 5.45. The van der Waals surface area contributed by atoms with Crippen LogP contribution in [0.15, 0.2) is 30.3 Å². The number of carboxylic acids is 1. The minimum Gasteiger partial charge on any atom is -0.484 e. The molecule has 1 aromatic rings. The number of carbonyl (C=O) groups is 2. The van der Waals surface area contributed by atoms with Crippen LogP contribution < -0.4 is 10.1 Å². The van der Waals surface area contributed by atoms with Gasteiger partial charge in [-0.2, -0.15) is 0 Å². The molecule has 1 aromatic carbocycles. The molecule has 1 saturated carbocycles. The Balaban J connectivity index is 1.93. The highest BCUT2D eigenvalue weighted by molar-refractivity contribution is 5.87. The number of ether oxygens (including phenoxy) is 1. The number of carboxylic acid groups (broad SMARTS) is 1. The van der Waals surface area contributed by atoms with Gasteiger partial charge in [-0.1, -0.05) is 43.9 Å². The molecule has 0 spiro atoms. The van der Waals surface area contributed by atoms with Crippen LogP contribution in [0, 0.1) is 0 Å². The van der Waals surface area contributed by atoms with Crippen LogP contribution in [0.25, 0.3) is 0 Å². The van der Waals surface area contributed by atoms with Crippen LogP contribution in [0.5, 0.6) is 5.75 Å². The molecule has 21 heavy (non-hydrogen) atoms. The fourth-order valence-electron chi connectivity index (χ4n) is 2.69. The molecule has 0 saturated heterocycles. The standard InChI is InChI=1S/C16H21NO4/c18-14(12-21-13-8-4-3-5-9-13)17-16(15(19)20)10-6-1-2-7-11-16/h3-5,8-9H,1-2,6-7,10-12H2,(H,17,18)(H,19,20). The Morgan fingerprint density at radius 3 is 2.29 bits per heavy atom. The Bertz CT molecular complexity index is 478. The summed E-state index contributed by atoms with van der Waals surface area (Å²) in [5, 5.41) is 12.2. The summed E-state index contributed by atoms with van der Waals surface area (Å²) in [4.78, 5) is 23.6. The lowest BCUT2D eigenvalue weighted by atomic mass is 9.90. The van der Waals surface area contributed by atoms with Crippen LogP contribution in [0.2, 0.25) is 0 Å². The zero-order valence-corrected chi connectivity index (χ0v) is 12.0. The third-order valence-corrected chi connectivity index (χ3v) is 3.86. The first kappa shape index (κ1) is 15.4. The summed E-state index contributed by atoms with van der Waals surface area (Å²) in [5.41, 5.74) is -1.13. The summed E-state index contributed by atoms with van der Waals surface area (Å²) in [6, 6.07) is 9.00. The zero-order chi connectivity index (χ0) is 15.1. The summed E-state index contributed by atoms with van der Waals surface area (Å²) in [6.07, 6.45) is 4.66. The SMILES string of the molecule is O=C(COc1ccccc1)NC1(C(=O)O)CCCCCC1. The molecule has 1 aliphatic rings. The molecule has 0 heterocycles. The lowest BCUT2D eigenvalue weighted by Gasteiger charge is -2.29. The van der Waals surface area contributed by atoms with Gasteiger partial charge >= 0.3 is 5.97 Å². The second kappa shape index (κ2) is 7.11. The van der Waals surface area contributed by atoms with Crippen LogP contribution in [-0.4, -0.2) is 29.1 Å². The Labute approximate surface area is 124 Å². The smallest absolute Gasteiger partial charge is 0.329 e. The Morgan fingerprint density at radius 2 is 1.71 bits per heavy atom. The highest BCUT2D eigenvalue weighted by Crippen LogP contribution is 2.27. The number of benzene rings is 1. The van der Waals surface area contributed by atoms with Crippen LogP contribution in [0.1, 0.15) is 38.5 Å². The predicted octanol–water partition coefficient (Wildman–Crippen LogP) is 2.36. The van der Waals surface area contributed by atoms with Gasteiger partial charge in [-0.15, -0.1) is 0 Å². The van der Waals surface area contributed by atoms with Gasteiger partial charge in [-0.05, 0) is 25.0 Å². The summed E-state index contributed by atoms with van der Waals surface area (Å²) in [7, 11) is 0. The lowest BCUT2D eigenvalue weighted by Crippen LogP contribution is -2.55. The number of carbonyl (C=O) groups excluding carboxylic acids is 1. The first-order valence-electron chi connectivity index (χ1n) is 7.35. The maximum atomic E-state index is 12.0. The summed E-state index contributed by atoms with van der Waals surface area (Å²) in [6.45, 7) is -0.168. The number of rotatable bonds is 5. The number of hydrogen-bond acceptors (Lipinski definition) is 3. The van der Waals surface area contributed by atoms with Gasteiger partial charge in [0.2, 0.25) is 0 Å². The Morgan fingerprint density at radius 1 is 1.10 bits per heavy atom. The van der Waals surface area contributed by atoms with Gasteiger partial charge in [0.1, 0.15) is 11.3 Å². The number of amides is 1. The molecule has 5 nitrogen and oxygen atoms in total. The topological polar surface area (TPSA) is 75.6 Å². The van der Waals surface area contributed by atoms with Crippen molar-refractivity contribution < 1.29 is 19.4 Å². The predicted molar refractivity (Wildman–Crippen MR) is 78.1 cm³/mol. The second-order valence-corrected chi connectivity index (χ2v) is 5.45. The largest absolute Gasteiger partial charge is 0.484 e. The third kappa shape index (κ3) is 4.21. The molecular weight excluding hydrogens is 270 g/mol. The molecule has 0 aliphatic heterocycles. The first-order valence-corrected chi connectivity index (χ1v) is 7.35. The molecule has 0 atom stereocenters. The van der Waals surface area contributed by atoms with Crippen LogP contribution >= 0.6 is 0 Å². The summed E-state index contributed by atoms with van der Waals surface area (Å²) >= 11 is 0. The van der Waals surface area contributed by atoms with E-state index < -0.39 is 11.5 Å². The van der Waals surface area contributed by atoms with Crippen molar-refractivity contribution in [1.29, 1.82) is 0 Å². The molecule has 2 N–H and O–H groups in total. The average molecular weight is 291 g/mol. The van der Waals surface area contributed by atoms with Gasteiger partial charge < -0.3 is 15.2 Å². The third-order valence-electron chi connectivity index (χ3n) is 3.86. The fraction of sp³-hybridized carbons (Fsp3) is 0.500. The molecule has 0 radical (unpaired) electrons. The van der Waals surface area contributed by atoms with Crippen LogP contribution in [-0.2, 0) is 9.59 Å². The van der Waals surface area contributed by atoms with E-state index in [9.17, 15) is 14.7 Å². The fourth-order valence-corrected chi connectivity index (χ4v) is 2.69. The van der Waals surface area contributed by atoms with Gasteiger partial charge in [-0.25, -0.2) is 4.79 Å². The number of para-hydroxylation sites is 1. The van der Waals surface area contributed by atoms with Crippen molar-refractivity contribution in [2.24, 2.45) is 0 Å². The number of aliphatic carboxylic acids is 1. The van der Waals surface area contributed by atoms with Crippen molar-refractivity contribution in [2.75, 3.05) is 6.61 Å². The molecule has 2 rings (SSSR count). The first-order chi connectivity index (χ1) is 10.1. The van der Waals surface area contributed by atoms with Gasteiger partial charge in [-0.3, -0.25) is 4.79 Å². The maximum absolute atomic E-state index is 12.0. The molecule has 0 aromatic heterocycles. The normalized spacial score (nSPS) is 17.5. The van der Waals surface area contributed by atoms with Crippen LogP contribution in [0.3, 0.4) is 0 Å². The minimum absolute atomic E-state index is 0.168. The van der Waals surface area contributed by atoms with Crippen molar-refractivity contribution in [3.05, 3.63) is 30.3 Å². The zero-order valence-electron chi connectivity index (χ0n) is 12.0. The number of nitrogens with one attached hydrogen (secondary N) is 1. The van der Waals surface area contributed by atoms with E-state index >= 15 is 0 Å². The van der Waals surface area contributed by atoms with Crippen LogP contribution in [0.4, 0.5) is 0 Å². The van der Waals surface area contributed by atoms with Crippen molar-refractivity contribution in [1.82, 2.24) is 5.32 Å². The van der Waals surface area contributed by atoms with E-state index in [1.165, 1.54) is 0 Å². The molecule has 0 bridgehead atoms. The monoisotopic (exact) mass is 291 g/mol. The van der Waals surface area contributed by atoms with E-state index in [4.69, 9.17) is 4.74 Å². The highest BCUT2D eigenvalue weighted by Gasteiger charge is 2.40. The van der Waals surface area contributed by atoms with E-state index in [2.05, 4.69) is 5.32 Å². The van der Waals surface area contributed by atoms with E-state index in [0.29, 0.717) is 18.6 Å². The Hall–Kier alpha value is -2.04. The van der Waals surface area contributed by atoms with Gasteiger partial charge in [0, 0.05) is 0 Å². The van der Waals surface area contributed by atoms with Crippen molar-refractivity contribution in [3.63, 3.8) is 0 Å². The van der Waals surface area contributed by atoms with Gasteiger partial charge in [0.15, 0.2) is 6.61 Å². The maximum Gasteiger partial charge on any atom is 0.329 e. The molecule has 5 heteroatoms. The molecule has 114 valence electrons. The van der Waals surface area contributed by atoms with E-state index in [-0.39, 0.29) is 12.5 Å². The highest BCUT2D eigenvalue weighted by atomic mass is 16.5. The molecule has 1 aliphatic carbocycles. The molecular formula is C16H21NO4. The van der Waals surface area contributed by atoms with E-state index in [1.807, 2.05) is 18.2 Å². The quantitative estimate of drug-likeness (QED) is 0.817. The molecule has 1 fully saturated rings. The van der Waals surface area contributed by atoms with E-state index in [1.54, 1.807) is 12.1 Å². The molecule has 0 unspecified atom stereocenters.